The van der Waals surface area contributed by atoms with Gasteiger partial charge in [-0.25, -0.2) is 0 Å². The van der Waals surface area contributed by atoms with Crippen LogP contribution in [0, 0.1) is 35.0 Å². The van der Waals surface area contributed by atoms with E-state index in [1.54, 1.807) is 19.1 Å². The molecule has 11 heteroatoms. The number of aliphatic hydroxyl groups excluding tert-OH is 2. The minimum absolute atomic E-state index is 0.0133. The highest BCUT2D eigenvalue weighted by molar-refractivity contribution is 5.95. The molecule has 0 aromatic heterocycles. The molecule has 4 aliphatic carbocycles. The molecule has 2 bridgehead atoms. The number of nitrogens with one attached hydrogen (secondary N) is 2. The van der Waals surface area contributed by atoms with Crippen molar-refractivity contribution in [3.8, 4) is 0 Å². The highest BCUT2D eigenvalue weighted by Crippen LogP contribution is 2.61. The summed E-state index contributed by atoms with van der Waals surface area (Å²) in [6, 6.07) is 5.41. The zero-order chi connectivity index (χ0) is 40.4. The molecule has 6 rings (SSSR count). The Morgan fingerprint density at radius 1 is 1.11 bits per heavy atom. The smallest absolute Gasteiger partial charge is 0.251 e. The summed E-state index contributed by atoms with van der Waals surface area (Å²) in [5.74, 6) is 1.59. The van der Waals surface area contributed by atoms with Crippen LogP contribution < -0.4 is 15.5 Å². The van der Waals surface area contributed by atoms with E-state index in [0.29, 0.717) is 35.7 Å². The van der Waals surface area contributed by atoms with Crippen molar-refractivity contribution in [1.29, 1.82) is 0 Å². The summed E-state index contributed by atoms with van der Waals surface area (Å²) in [6.45, 7) is 19.4. The number of ether oxygens (including phenoxy) is 1. The Morgan fingerprint density at radius 3 is 2.38 bits per heavy atom. The van der Waals surface area contributed by atoms with Gasteiger partial charge in [-0.1, -0.05) is 46.8 Å². The van der Waals surface area contributed by atoms with Crippen molar-refractivity contribution in [1.82, 2.24) is 20.6 Å². The van der Waals surface area contributed by atoms with Crippen molar-refractivity contribution in [3.63, 3.8) is 0 Å². The van der Waals surface area contributed by atoms with Crippen LogP contribution in [0.4, 0.5) is 5.69 Å². The normalized spacial score (nSPS) is 29.9. The Hall–Kier alpha value is -2.96. The highest BCUT2D eigenvalue weighted by Gasteiger charge is 2.57. The van der Waals surface area contributed by atoms with Crippen LogP contribution in [0.2, 0.25) is 0 Å². The van der Waals surface area contributed by atoms with Crippen molar-refractivity contribution >= 4 is 17.5 Å². The van der Waals surface area contributed by atoms with Crippen molar-refractivity contribution in [2.75, 3.05) is 58.9 Å². The number of benzene rings is 1. The number of anilines is 1. The van der Waals surface area contributed by atoms with Crippen LogP contribution in [0.3, 0.4) is 0 Å². The number of hydroxylamine groups is 2. The summed E-state index contributed by atoms with van der Waals surface area (Å²) in [5.41, 5.74) is 3.70. The van der Waals surface area contributed by atoms with E-state index in [9.17, 15) is 19.8 Å². The third kappa shape index (κ3) is 9.27. The van der Waals surface area contributed by atoms with Gasteiger partial charge in [-0.15, -0.1) is 0 Å². The number of rotatable bonds is 17. The summed E-state index contributed by atoms with van der Waals surface area (Å²) in [7, 11) is 5.73. The van der Waals surface area contributed by atoms with Gasteiger partial charge in [0.2, 0.25) is 5.91 Å². The zero-order valence-electron chi connectivity index (χ0n) is 35.5. The Balaban J connectivity index is 1.45. The van der Waals surface area contributed by atoms with Gasteiger partial charge in [0, 0.05) is 60.4 Å². The van der Waals surface area contributed by atoms with Crippen LogP contribution >= 0.6 is 0 Å². The molecule has 1 aromatic carbocycles. The molecule has 5 aliphatic rings. The van der Waals surface area contributed by atoms with E-state index in [1.165, 1.54) is 6.42 Å². The van der Waals surface area contributed by atoms with Crippen LogP contribution in [0.1, 0.15) is 103 Å². The molecule has 2 amide bonds. The molecule has 1 saturated heterocycles. The number of carbonyl (C=O) groups excluding carboxylic acids is 2. The SMILES string of the molecule is CCN(CC)c1cc(C(=O)N[C@@H](CC(C)C)CN(C)C)cc(C2CC=CC(CN3O[C@@H](CO)[C@@H]([C@H](C)O)[C@H]3C(=O)N[C@H]3C[C@H]4C[C@@H]([C@@H]3C)C4(C)C)=C2OC)c1. The molecular formula is C44H71N5O6. The molecule has 3 saturated carbocycles. The molecule has 55 heavy (non-hydrogen) atoms. The summed E-state index contributed by atoms with van der Waals surface area (Å²) in [4.78, 5) is 39.0. The maximum Gasteiger partial charge on any atom is 0.251 e. The fraction of sp³-hybridized carbons (Fsp3) is 0.727. The predicted molar refractivity (Wildman–Crippen MR) is 219 cm³/mol. The predicted octanol–water partition coefficient (Wildman–Crippen LogP) is 5.34. The Kier molecular flexibility index (Phi) is 14.2. The number of hydrogen-bond donors (Lipinski definition) is 4. The largest absolute Gasteiger partial charge is 0.500 e. The summed E-state index contributed by atoms with van der Waals surface area (Å²) >= 11 is 0. The van der Waals surface area contributed by atoms with E-state index in [-0.39, 0.29) is 48.4 Å². The molecule has 0 spiro atoms. The first-order valence-electron chi connectivity index (χ1n) is 20.9. The van der Waals surface area contributed by atoms with E-state index >= 15 is 0 Å². The van der Waals surface area contributed by atoms with Gasteiger partial charge in [-0.05, 0) is 113 Å². The number of methoxy groups -OCH3 is 1. The average Bonchev–Trinajstić information content (AvgIpc) is 3.50. The molecule has 11 nitrogen and oxygen atoms in total. The van der Waals surface area contributed by atoms with Gasteiger partial charge < -0.3 is 35.4 Å². The van der Waals surface area contributed by atoms with Gasteiger partial charge in [0.25, 0.3) is 5.91 Å². The Labute approximate surface area is 330 Å². The number of aliphatic hydroxyl groups is 2. The van der Waals surface area contributed by atoms with Crippen molar-refractivity contribution in [2.45, 2.75) is 117 Å². The number of nitrogens with zero attached hydrogens (tertiary/aromatic N) is 3. The molecular weight excluding hydrogens is 695 g/mol. The third-order valence-electron chi connectivity index (χ3n) is 13.3. The second-order valence-corrected chi connectivity index (χ2v) is 18.1. The minimum Gasteiger partial charge on any atom is -0.500 e. The minimum atomic E-state index is -0.884. The summed E-state index contributed by atoms with van der Waals surface area (Å²) < 4.78 is 6.21. The number of amides is 2. The van der Waals surface area contributed by atoms with Crippen LogP contribution in [0.5, 0.6) is 0 Å². The molecule has 4 fully saturated rings. The first-order chi connectivity index (χ1) is 26.0. The molecule has 308 valence electrons. The Bertz CT molecular complexity index is 1540. The third-order valence-corrected chi connectivity index (χ3v) is 13.3. The number of hydrogen-bond acceptors (Lipinski definition) is 9. The zero-order valence-corrected chi connectivity index (χ0v) is 35.5. The van der Waals surface area contributed by atoms with Gasteiger partial charge >= 0.3 is 0 Å². The lowest BCUT2D eigenvalue weighted by Gasteiger charge is -2.62. The Morgan fingerprint density at radius 2 is 1.82 bits per heavy atom. The van der Waals surface area contributed by atoms with Crippen molar-refractivity contribution in [2.24, 2.45) is 35.0 Å². The maximum absolute atomic E-state index is 14.3. The van der Waals surface area contributed by atoms with Crippen LogP contribution in [-0.4, -0.2) is 116 Å². The number of carbonyl (C=O) groups is 2. The number of fused-ring (bicyclic) bond motifs is 2. The topological polar surface area (TPSA) is 127 Å². The van der Waals surface area contributed by atoms with Crippen LogP contribution in [-0.2, 0) is 14.4 Å². The van der Waals surface area contributed by atoms with Gasteiger partial charge in [-0.2, -0.15) is 5.06 Å². The van der Waals surface area contributed by atoms with Crippen LogP contribution in [0.25, 0.3) is 0 Å². The molecule has 1 unspecified atom stereocenters. The average molecular weight is 766 g/mol. The second kappa shape index (κ2) is 18.1. The van der Waals surface area contributed by atoms with E-state index in [4.69, 9.17) is 9.57 Å². The molecule has 0 radical (unpaired) electrons. The monoisotopic (exact) mass is 766 g/mol. The fourth-order valence-electron chi connectivity index (χ4n) is 10.3. The number of allylic oxidation sites excluding steroid dienone is 2. The molecule has 1 aromatic rings. The standard InChI is InChI=1S/C44H71N5O6/c1-12-48(13-2)34-19-30(18-31(20-34)42(52)45-33(17-26(3)4)24-47(9)10)35-16-14-15-29(41(35)54-11)23-49-40(39(28(6)51)38(25-50)55-49)43(53)46-37-22-32-21-36(27(37)5)44(32,7)8/h14-15,18-20,26-28,32-33,35-40,50-51H,12-13,16-17,21-25H2,1-11H3,(H,45,52)(H,46,53)/t27-,28-,32+,33-,35?,36-,37-,38-,39+,40-/m0/s1. The first kappa shape index (κ1) is 43.2. The molecule has 1 heterocycles. The van der Waals surface area contributed by atoms with E-state index in [1.807, 2.05) is 32.3 Å². The van der Waals surface area contributed by atoms with Gasteiger partial charge in [-0.3, -0.25) is 14.4 Å². The van der Waals surface area contributed by atoms with E-state index in [0.717, 1.165) is 55.1 Å². The molecule has 1 aliphatic heterocycles. The lowest BCUT2D eigenvalue weighted by Crippen LogP contribution is -2.62. The quantitative estimate of drug-likeness (QED) is 0.166. The van der Waals surface area contributed by atoms with Gasteiger partial charge in [0.05, 0.1) is 26.4 Å². The summed E-state index contributed by atoms with van der Waals surface area (Å²) in [6.07, 6.45) is 6.22. The second-order valence-electron chi connectivity index (χ2n) is 18.1. The number of likely N-dealkylation sites (N-methyl/N-ethyl adjacent to an activating group) is 1. The maximum atomic E-state index is 14.3. The highest BCUT2D eigenvalue weighted by atomic mass is 16.7. The van der Waals surface area contributed by atoms with E-state index < -0.39 is 24.2 Å². The molecule has 10 atom stereocenters. The van der Waals surface area contributed by atoms with Gasteiger partial charge in [0.15, 0.2) is 0 Å². The molecule has 4 N–H and O–H groups in total. The van der Waals surface area contributed by atoms with Crippen molar-refractivity contribution in [3.05, 3.63) is 52.8 Å². The fourth-order valence-corrected chi connectivity index (χ4v) is 10.3. The van der Waals surface area contributed by atoms with Crippen molar-refractivity contribution < 1.29 is 29.4 Å². The lowest BCUT2D eigenvalue weighted by atomic mass is 9.45. The first-order valence-corrected chi connectivity index (χ1v) is 20.9. The van der Waals surface area contributed by atoms with Gasteiger partial charge in [0.1, 0.15) is 17.9 Å². The summed E-state index contributed by atoms with van der Waals surface area (Å²) in [5, 5.41) is 29.8. The van der Waals surface area contributed by atoms with Crippen LogP contribution in [0.15, 0.2) is 41.7 Å². The van der Waals surface area contributed by atoms with E-state index in [2.05, 4.69) is 81.0 Å². The lowest BCUT2D eigenvalue weighted by molar-refractivity contribution is -0.173.